The van der Waals surface area contributed by atoms with Gasteiger partial charge in [0.25, 0.3) is 0 Å². The molecule has 0 fully saturated rings. The first-order valence-corrected chi connectivity index (χ1v) is 6.38. The summed E-state index contributed by atoms with van der Waals surface area (Å²) in [6.45, 7) is 4.38. The fraction of sp³-hybridized carbons (Fsp3) is 0.400. The summed E-state index contributed by atoms with van der Waals surface area (Å²) in [5.41, 5.74) is -0.446. The Bertz CT molecular complexity index is 499. The van der Waals surface area contributed by atoms with Crippen molar-refractivity contribution in [2.45, 2.75) is 20.3 Å². The van der Waals surface area contributed by atoms with E-state index in [4.69, 9.17) is 5.11 Å². The number of benzene rings is 1. The predicted molar refractivity (Wildman–Crippen MR) is 74.3 cm³/mol. The first kappa shape index (κ1) is 16.3. The van der Waals surface area contributed by atoms with Gasteiger partial charge in [-0.1, -0.05) is 12.2 Å². The van der Waals surface area contributed by atoms with Crippen LogP contribution < -0.4 is 5.32 Å². The number of rotatable bonds is 7. The Hall–Kier alpha value is -1.75. The van der Waals surface area contributed by atoms with Gasteiger partial charge in [0, 0.05) is 18.2 Å². The van der Waals surface area contributed by atoms with Crippen LogP contribution in [0.2, 0.25) is 0 Å². The third-order valence-electron chi connectivity index (χ3n) is 3.03. The van der Waals surface area contributed by atoms with Gasteiger partial charge in [0.15, 0.2) is 0 Å². The molecule has 0 saturated carbocycles. The molecule has 0 spiro atoms. The van der Waals surface area contributed by atoms with Crippen LogP contribution in [-0.4, -0.2) is 24.2 Å². The van der Waals surface area contributed by atoms with E-state index in [1.807, 2.05) is 0 Å². The number of halogens is 2. The lowest BCUT2D eigenvalue weighted by molar-refractivity contribution is -0.147. The summed E-state index contributed by atoms with van der Waals surface area (Å²) in [5.74, 6) is -2.04. The SMILES string of the molecule is CC(C)(CCNC/C=C/c1ccc(F)cc1F)C(=O)O. The molecule has 0 amide bonds. The third-order valence-corrected chi connectivity index (χ3v) is 3.03. The molecule has 0 unspecified atom stereocenters. The lowest BCUT2D eigenvalue weighted by Gasteiger charge is -2.18. The highest BCUT2D eigenvalue weighted by Crippen LogP contribution is 2.19. The molecule has 0 atom stereocenters. The van der Waals surface area contributed by atoms with Crippen molar-refractivity contribution in [2.75, 3.05) is 13.1 Å². The minimum absolute atomic E-state index is 0.319. The summed E-state index contributed by atoms with van der Waals surface area (Å²) >= 11 is 0. The maximum Gasteiger partial charge on any atom is 0.309 e. The zero-order valence-electron chi connectivity index (χ0n) is 11.6. The van der Waals surface area contributed by atoms with Gasteiger partial charge in [0.05, 0.1) is 5.41 Å². The molecular weight excluding hydrogens is 264 g/mol. The quantitative estimate of drug-likeness (QED) is 0.756. The molecule has 1 rings (SSSR count). The van der Waals surface area contributed by atoms with Crippen molar-refractivity contribution in [2.24, 2.45) is 5.41 Å². The van der Waals surface area contributed by atoms with Crippen LogP contribution in [0.15, 0.2) is 24.3 Å². The van der Waals surface area contributed by atoms with E-state index in [2.05, 4.69) is 5.32 Å². The molecule has 1 aromatic carbocycles. The van der Waals surface area contributed by atoms with Crippen LogP contribution in [0.25, 0.3) is 6.08 Å². The molecule has 5 heteroatoms. The molecule has 0 aliphatic rings. The number of nitrogens with one attached hydrogen (secondary N) is 1. The van der Waals surface area contributed by atoms with Crippen molar-refractivity contribution in [3.8, 4) is 0 Å². The van der Waals surface area contributed by atoms with E-state index >= 15 is 0 Å². The Labute approximate surface area is 117 Å². The van der Waals surface area contributed by atoms with Crippen molar-refractivity contribution in [3.05, 3.63) is 41.5 Å². The minimum Gasteiger partial charge on any atom is -0.481 e. The first-order valence-electron chi connectivity index (χ1n) is 6.38. The standard InChI is InChI=1S/C15H19F2NO2/c1-15(2,14(19)20)7-9-18-8-3-4-11-5-6-12(16)10-13(11)17/h3-6,10,18H,7-9H2,1-2H3,(H,19,20)/b4-3+. The largest absolute Gasteiger partial charge is 0.481 e. The van der Waals surface area contributed by atoms with Gasteiger partial charge in [-0.15, -0.1) is 0 Å². The average Bonchev–Trinajstić information content (AvgIpc) is 2.35. The smallest absolute Gasteiger partial charge is 0.309 e. The van der Waals surface area contributed by atoms with E-state index in [0.717, 1.165) is 6.07 Å². The summed E-state index contributed by atoms with van der Waals surface area (Å²) in [7, 11) is 0. The van der Waals surface area contributed by atoms with Crippen LogP contribution in [0.1, 0.15) is 25.8 Å². The number of carboxylic acids is 1. The average molecular weight is 283 g/mol. The van der Waals surface area contributed by atoms with E-state index < -0.39 is 23.0 Å². The highest BCUT2D eigenvalue weighted by molar-refractivity contribution is 5.73. The van der Waals surface area contributed by atoms with E-state index in [1.165, 1.54) is 12.1 Å². The van der Waals surface area contributed by atoms with Gasteiger partial charge in [-0.05, 0) is 38.9 Å². The topological polar surface area (TPSA) is 49.3 Å². The lowest BCUT2D eigenvalue weighted by atomic mass is 9.90. The molecule has 0 saturated heterocycles. The van der Waals surface area contributed by atoms with Crippen LogP contribution in [0.4, 0.5) is 8.78 Å². The molecule has 0 aliphatic heterocycles. The summed E-state index contributed by atoms with van der Waals surface area (Å²) in [4.78, 5) is 10.9. The van der Waals surface area contributed by atoms with Crippen LogP contribution in [0, 0.1) is 17.0 Å². The number of hydrogen-bond donors (Lipinski definition) is 2. The lowest BCUT2D eigenvalue weighted by Crippen LogP contribution is -2.29. The second-order valence-corrected chi connectivity index (χ2v) is 5.21. The van der Waals surface area contributed by atoms with Gasteiger partial charge in [-0.2, -0.15) is 0 Å². The molecule has 20 heavy (non-hydrogen) atoms. The number of aliphatic carboxylic acids is 1. The molecule has 0 aliphatic carbocycles. The van der Waals surface area contributed by atoms with Crippen molar-refractivity contribution in [1.29, 1.82) is 0 Å². The van der Waals surface area contributed by atoms with Crippen molar-refractivity contribution in [1.82, 2.24) is 5.32 Å². The van der Waals surface area contributed by atoms with E-state index in [1.54, 1.807) is 26.0 Å². The van der Waals surface area contributed by atoms with Gasteiger partial charge >= 0.3 is 5.97 Å². The molecule has 0 bridgehead atoms. The Balaban J connectivity index is 2.34. The zero-order chi connectivity index (χ0) is 15.2. The summed E-state index contributed by atoms with van der Waals surface area (Å²) < 4.78 is 26.0. The first-order chi connectivity index (χ1) is 9.33. The summed E-state index contributed by atoms with van der Waals surface area (Å²) in [6.07, 6.45) is 3.77. The predicted octanol–water partition coefficient (Wildman–Crippen LogP) is 3.07. The fourth-order valence-electron chi connectivity index (χ4n) is 1.52. The monoisotopic (exact) mass is 283 g/mol. The molecule has 3 nitrogen and oxygen atoms in total. The van der Waals surface area contributed by atoms with Crippen molar-refractivity contribution in [3.63, 3.8) is 0 Å². The van der Waals surface area contributed by atoms with Gasteiger partial charge in [-0.25, -0.2) is 8.78 Å². The normalized spacial score (nSPS) is 12.0. The highest BCUT2D eigenvalue weighted by atomic mass is 19.1. The van der Waals surface area contributed by atoms with Gasteiger partial charge in [0.1, 0.15) is 11.6 Å². The molecule has 0 aromatic heterocycles. The molecule has 110 valence electrons. The Morgan fingerprint density at radius 1 is 1.40 bits per heavy atom. The molecule has 0 heterocycles. The van der Waals surface area contributed by atoms with Gasteiger partial charge in [-0.3, -0.25) is 4.79 Å². The fourth-order valence-corrected chi connectivity index (χ4v) is 1.52. The number of hydrogen-bond acceptors (Lipinski definition) is 2. The van der Waals surface area contributed by atoms with Crippen LogP contribution >= 0.6 is 0 Å². The van der Waals surface area contributed by atoms with Crippen molar-refractivity contribution < 1.29 is 18.7 Å². The van der Waals surface area contributed by atoms with E-state index in [0.29, 0.717) is 25.1 Å². The third kappa shape index (κ3) is 5.09. The Morgan fingerprint density at radius 3 is 2.70 bits per heavy atom. The van der Waals surface area contributed by atoms with Crippen LogP contribution in [0.3, 0.4) is 0 Å². The zero-order valence-corrected chi connectivity index (χ0v) is 11.6. The number of carbonyl (C=O) groups is 1. The van der Waals surface area contributed by atoms with Gasteiger partial charge in [0.2, 0.25) is 0 Å². The van der Waals surface area contributed by atoms with E-state index in [-0.39, 0.29) is 0 Å². The van der Waals surface area contributed by atoms with Crippen LogP contribution in [0.5, 0.6) is 0 Å². The molecular formula is C15H19F2NO2. The minimum atomic E-state index is -0.830. The number of carboxylic acid groups (broad SMARTS) is 1. The molecule has 0 radical (unpaired) electrons. The molecule has 2 N–H and O–H groups in total. The maximum atomic E-state index is 13.3. The summed E-state index contributed by atoms with van der Waals surface area (Å²) in [5, 5.41) is 12.0. The maximum absolute atomic E-state index is 13.3. The molecule has 1 aromatic rings. The van der Waals surface area contributed by atoms with Crippen molar-refractivity contribution >= 4 is 12.0 Å². The highest BCUT2D eigenvalue weighted by Gasteiger charge is 2.25. The van der Waals surface area contributed by atoms with Gasteiger partial charge < -0.3 is 10.4 Å². The Morgan fingerprint density at radius 2 is 2.10 bits per heavy atom. The van der Waals surface area contributed by atoms with E-state index in [9.17, 15) is 13.6 Å². The second kappa shape index (κ2) is 7.14. The second-order valence-electron chi connectivity index (χ2n) is 5.21. The Kier molecular flexibility index (Phi) is 5.82. The summed E-state index contributed by atoms with van der Waals surface area (Å²) in [6, 6.07) is 3.41. The van der Waals surface area contributed by atoms with Crippen LogP contribution in [-0.2, 0) is 4.79 Å².